The molecule has 0 fully saturated rings. The zero-order chi connectivity index (χ0) is 11.1. The van der Waals surface area contributed by atoms with Crippen molar-refractivity contribution in [3.05, 3.63) is 35.4 Å². The summed E-state index contributed by atoms with van der Waals surface area (Å²) < 4.78 is 0. The van der Waals surface area contributed by atoms with Crippen LogP contribution in [0.25, 0.3) is 0 Å². The van der Waals surface area contributed by atoms with Crippen molar-refractivity contribution in [3.8, 4) is 0 Å². The van der Waals surface area contributed by atoms with Gasteiger partial charge >= 0.3 is 0 Å². The highest BCUT2D eigenvalue weighted by atomic mass is 35.5. The molecule has 0 aliphatic heterocycles. The van der Waals surface area contributed by atoms with Gasteiger partial charge in [0.05, 0.1) is 0 Å². The van der Waals surface area contributed by atoms with Crippen LogP contribution in [0, 0.1) is 0 Å². The zero-order valence-electron chi connectivity index (χ0n) is 9.24. The van der Waals surface area contributed by atoms with Gasteiger partial charge in [-0.2, -0.15) is 0 Å². The monoisotopic (exact) mass is 239 g/mol. The Balaban J connectivity index is 0.00000128. The summed E-state index contributed by atoms with van der Waals surface area (Å²) >= 11 is 0. The third-order valence-corrected chi connectivity index (χ3v) is 3.15. The summed E-state index contributed by atoms with van der Waals surface area (Å²) in [5, 5.41) is 2.87. The van der Waals surface area contributed by atoms with E-state index in [1.807, 2.05) is 6.92 Å². The van der Waals surface area contributed by atoms with E-state index < -0.39 is 5.54 Å². The first-order valence-corrected chi connectivity index (χ1v) is 5.05. The molecule has 0 atom stereocenters. The van der Waals surface area contributed by atoms with Crippen LogP contribution in [0.3, 0.4) is 0 Å². The lowest BCUT2D eigenvalue weighted by Gasteiger charge is -2.22. The second kappa shape index (κ2) is 4.36. The summed E-state index contributed by atoms with van der Waals surface area (Å²) in [5.41, 5.74) is 0.0568. The van der Waals surface area contributed by atoms with Crippen molar-refractivity contribution >= 4 is 24.0 Å². The Morgan fingerprint density at radius 3 is 1.88 bits per heavy atom. The van der Waals surface area contributed by atoms with E-state index in [4.69, 9.17) is 0 Å². The second-order valence-electron chi connectivity index (χ2n) is 3.71. The lowest BCUT2D eigenvalue weighted by atomic mass is 9.90. The summed E-state index contributed by atoms with van der Waals surface area (Å²) in [5.74, 6) is -0.207. The maximum Gasteiger partial charge on any atom is 0.191 e. The fourth-order valence-corrected chi connectivity index (χ4v) is 2.17. The van der Waals surface area contributed by atoms with Crippen LogP contribution in [0.1, 0.15) is 34.1 Å². The second-order valence-corrected chi connectivity index (χ2v) is 3.71. The molecule has 4 heteroatoms. The number of fused-ring (bicyclic) bond motifs is 1. The molecule has 0 heterocycles. The number of likely N-dealkylation sites (N-methyl/N-ethyl adjacent to an activating group) is 1. The molecule has 2 rings (SSSR count). The van der Waals surface area contributed by atoms with Gasteiger partial charge in [0.15, 0.2) is 11.6 Å². The fraction of sp³-hybridized carbons (Fsp3) is 0.333. The first-order valence-electron chi connectivity index (χ1n) is 5.05. The van der Waals surface area contributed by atoms with Crippen molar-refractivity contribution in [2.75, 3.05) is 7.05 Å². The van der Waals surface area contributed by atoms with Crippen LogP contribution in [0.4, 0.5) is 0 Å². The lowest BCUT2D eigenvalue weighted by Crippen LogP contribution is -2.52. The Hall–Kier alpha value is -1.19. The molecule has 1 aromatic rings. The fourth-order valence-electron chi connectivity index (χ4n) is 2.17. The normalized spacial score (nSPS) is 16.9. The molecule has 0 aromatic heterocycles. The van der Waals surface area contributed by atoms with Crippen LogP contribution in [-0.2, 0) is 0 Å². The SMILES string of the molecule is CCC1(NC)C(=O)c2ccccc2C1=O.Cl. The first-order chi connectivity index (χ1) is 7.17. The summed E-state index contributed by atoms with van der Waals surface area (Å²) in [6.45, 7) is 1.85. The van der Waals surface area contributed by atoms with E-state index >= 15 is 0 Å². The third-order valence-electron chi connectivity index (χ3n) is 3.15. The van der Waals surface area contributed by atoms with Crippen LogP contribution in [0.15, 0.2) is 24.3 Å². The first kappa shape index (κ1) is 12.9. The van der Waals surface area contributed by atoms with Gasteiger partial charge in [-0.25, -0.2) is 0 Å². The number of ketones is 2. The van der Waals surface area contributed by atoms with E-state index in [0.29, 0.717) is 17.5 Å². The van der Waals surface area contributed by atoms with E-state index in [-0.39, 0.29) is 24.0 Å². The summed E-state index contributed by atoms with van der Waals surface area (Å²) in [6, 6.07) is 6.99. The molecule has 0 bridgehead atoms. The number of hydrogen-bond acceptors (Lipinski definition) is 3. The number of Topliss-reactive ketones (excluding diaryl/α,β-unsaturated/α-hetero) is 2. The average Bonchev–Trinajstić information content (AvgIpc) is 2.51. The largest absolute Gasteiger partial charge is 0.301 e. The molecule has 1 N–H and O–H groups in total. The highest BCUT2D eigenvalue weighted by Gasteiger charge is 2.50. The minimum atomic E-state index is -1.02. The van der Waals surface area contributed by atoms with Crippen molar-refractivity contribution < 1.29 is 9.59 Å². The molecular formula is C12H14ClNO2. The number of hydrogen-bond donors (Lipinski definition) is 1. The minimum Gasteiger partial charge on any atom is -0.301 e. The molecule has 16 heavy (non-hydrogen) atoms. The summed E-state index contributed by atoms with van der Waals surface area (Å²) in [7, 11) is 1.66. The number of carbonyl (C=O) groups excluding carboxylic acids is 2. The minimum absolute atomic E-state index is 0. The Labute approximate surface area is 101 Å². The van der Waals surface area contributed by atoms with Crippen LogP contribution in [-0.4, -0.2) is 24.2 Å². The van der Waals surface area contributed by atoms with E-state index in [2.05, 4.69) is 5.32 Å². The average molecular weight is 240 g/mol. The number of carbonyl (C=O) groups is 2. The lowest BCUT2D eigenvalue weighted by molar-refractivity contribution is 0.0762. The van der Waals surface area contributed by atoms with Crippen LogP contribution in [0.2, 0.25) is 0 Å². The molecule has 1 aromatic carbocycles. The Bertz CT molecular complexity index is 401. The van der Waals surface area contributed by atoms with Gasteiger partial charge in [-0.15, -0.1) is 12.4 Å². The molecule has 3 nitrogen and oxygen atoms in total. The molecule has 0 amide bonds. The van der Waals surface area contributed by atoms with E-state index in [0.717, 1.165) is 0 Å². The highest BCUT2D eigenvalue weighted by molar-refractivity contribution is 6.32. The number of benzene rings is 1. The topological polar surface area (TPSA) is 46.2 Å². The predicted molar refractivity (Wildman–Crippen MR) is 64.4 cm³/mol. The van der Waals surface area contributed by atoms with E-state index in [9.17, 15) is 9.59 Å². The van der Waals surface area contributed by atoms with Gasteiger partial charge in [-0.05, 0) is 13.5 Å². The highest BCUT2D eigenvalue weighted by Crippen LogP contribution is 2.31. The van der Waals surface area contributed by atoms with Crippen molar-refractivity contribution in [1.82, 2.24) is 5.32 Å². The van der Waals surface area contributed by atoms with Gasteiger partial charge in [0.2, 0.25) is 0 Å². The van der Waals surface area contributed by atoms with Crippen LogP contribution < -0.4 is 5.32 Å². The van der Waals surface area contributed by atoms with Gasteiger partial charge in [-0.3, -0.25) is 9.59 Å². The van der Waals surface area contributed by atoms with Crippen molar-refractivity contribution in [2.24, 2.45) is 0 Å². The van der Waals surface area contributed by atoms with Gasteiger partial charge in [0.25, 0.3) is 0 Å². The Morgan fingerprint density at radius 2 is 1.56 bits per heavy atom. The zero-order valence-corrected chi connectivity index (χ0v) is 10.1. The van der Waals surface area contributed by atoms with Gasteiger partial charge in [0, 0.05) is 11.1 Å². The van der Waals surface area contributed by atoms with Crippen LogP contribution >= 0.6 is 12.4 Å². The maximum atomic E-state index is 12.1. The Morgan fingerprint density at radius 1 is 1.12 bits per heavy atom. The molecular weight excluding hydrogens is 226 g/mol. The van der Waals surface area contributed by atoms with Crippen molar-refractivity contribution in [2.45, 2.75) is 18.9 Å². The summed E-state index contributed by atoms with van der Waals surface area (Å²) in [6.07, 6.45) is 0.482. The molecule has 0 radical (unpaired) electrons. The molecule has 0 spiro atoms. The van der Waals surface area contributed by atoms with Crippen molar-refractivity contribution in [1.29, 1.82) is 0 Å². The smallest absolute Gasteiger partial charge is 0.191 e. The predicted octanol–water partition coefficient (Wildman–Crippen LogP) is 1.86. The molecule has 0 saturated heterocycles. The molecule has 1 aliphatic rings. The number of rotatable bonds is 2. The van der Waals surface area contributed by atoms with E-state index in [1.54, 1.807) is 31.3 Å². The number of nitrogens with one attached hydrogen (secondary N) is 1. The van der Waals surface area contributed by atoms with Crippen LogP contribution in [0.5, 0.6) is 0 Å². The van der Waals surface area contributed by atoms with Gasteiger partial charge < -0.3 is 5.32 Å². The molecule has 0 unspecified atom stereocenters. The van der Waals surface area contributed by atoms with Gasteiger partial charge in [0.1, 0.15) is 5.54 Å². The quantitative estimate of drug-likeness (QED) is 0.802. The number of halogens is 1. The Kier molecular flexibility index (Phi) is 3.51. The molecule has 0 saturated carbocycles. The maximum absolute atomic E-state index is 12.1. The standard InChI is InChI=1S/C12H13NO2.ClH/c1-3-12(13-2)10(14)8-6-4-5-7-9(8)11(12)15;/h4-7,13H,3H2,1-2H3;1H. The third kappa shape index (κ3) is 1.39. The van der Waals surface area contributed by atoms with E-state index in [1.165, 1.54) is 0 Å². The molecule has 1 aliphatic carbocycles. The van der Waals surface area contributed by atoms with Gasteiger partial charge in [-0.1, -0.05) is 31.2 Å². The van der Waals surface area contributed by atoms with Crippen molar-refractivity contribution in [3.63, 3.8) is 0 Å². The molecule has 86 valence electrons. The summed E-state index contributed by atoms with van der Waals surface area (Å²) in [4.78, 5) is 24.2.